The molecule has 1 unspecified atom stereocenters. The van der Waals surface area contributed by atoms with Gasteiger partial charge in [0.25, 0.3) is 0 Å². The molecule has 0 bridgehead atoms. The summed E-state index contributed by atoms with van der Waals surface area (Å²) < 4.78 is 12.9. The summed E-state index contributed by atoms with van der Waals surface area (Å²) in [7, 11) is 0. The minimum atomic E-state index is -0.144. The maximum absolute atomic E-state index is 12.9. The zero-order valence-corrected chi connectivity index (χ0v) is 11.2. The molecule has 0 saturated carbocycles. The summed E-state index contributed by atoms with van der Waals surface area (Å²) in [5.74, 6) is 1.16. The molecule has 1 saturated heterocycles. The number of rotatable bonds is 4. The molecule has 1 aliphatic rings. The minimum absolute atomic E-state index is 0.144. The third-order valence-corrected chi connectivity index (χ3v) is 4.66. The monoisotopic (exact) mass is 253 g/mol. The first-order valence-electron chi connectivity index (χ1n) is 6.33. The third kappa shape index (κ3) is 4.00. The highest BCUT2D eigenvalue weighted by atomic mass is 32.2. The number of hydrogen-bond donors (Lipinski definition) is 1. The van der Waals surface area contributed by atoms with Gasteiger partial charge in [0.1, 0.15) is 5.82 Å². The van der Waals surface area contributed by atoms with E-state index in [1.807, 2.05) is 13.0 Å². The van der Waals surface area contributed by atoms with E-state index in [4.69, 9.17) is 0 Å². The van der Waals surface area contributed by atoms with Gasteiger partial charge in [0, 0.05) is 18.3 Å². The van der Waals surface area contributed by atoms with Crippen LogP contribution >= 0.6 is 11.8 Å². The van der Waals surface area contributed by atoms with Crippen molar-refractivity contribution in [2.45, 2.75) is 38.0 Å². The molecule has 1 heterocycles. The van der Waals surface area contributed by atoms with Crippen molar-refractivity contribution in [2.24, 2.45) is 0 Å². The van der Waals surface area contributed by atoms with Gasteiger partial charge >= 0.3 is 0 Å². The molecule has 0 amide bonds. The Morgan fingerprint density at radius 1 is 1.41 bits per heavy atom. The van der Waals surface area contributed by atoms with Crippen molar-refractivity contribution < 1.29 is 4.39 Å². The fourth-order valence-corrected chi connectivity index (χ4v) is 3.47. The third-order valence-electron chi connectivity index (χ3n) is 3.27. The van der Waals surface area contributed by atoms with Gasteiger partial charge in [0.05, 0.1) is 0 Å². The zero-order valence-electron chi connectivity index (χ0n) is 10.3. The molecule has 0 radical (unpaired) electrons. The predicted octanol–water partition coefficient (Wildman–Crippen LogP) is 3.51. The second-order valence-corrected chi connectivity index (χ2v) is 6.10. The van der Waals surface area contributed by atoms with Gasteiger partial charge in [0.15, 0.2) is 0 Å². The van der Waals surface area contributed by atoms with E-state index < -0.39 is 0 Å². The summed E-state index contributed by atoms with van der Waals surface area (Å²) in [6.45, 7) is 3.89. The Morgan fingerprint density at radius 2 is 2.29 bits per heavy atom. The lowest BCUT2D eigenvalue weighted by molar-refractivity contribution is 0.594. The predicted molar refractivity (Wildman–Crippen MR) is 72.9 cm³/mol. The Kier molecular flexibility index (Phi) is 4.86. The Morgan fingerprint density at radius 3 is 3.00 bits per heavy atom. The summed E-state index contributed by atoms with van der Waals surface area (Å²) in [6, 6.07) is 5.03. The van der Waals surface area contributed by atoms with Crippen molar-refractivity contribution >= 4 is 11.8 Å². The van der Waals surface area contributed by atoms with E-state index in [9.17, 15) is 4.39 Å². The molecule has 0 aliphatic carbocycles. The van der Waals surface area contributed by atoms with Gasteiger partial charge < -0.3 is 5.32 Å². The van der Waals surface area contributed by atoms with Crippen molar-refractivity contribution in [1.29, 1.82) is 0 Å². The lowest BCUT2D eigenvalue weighted by atomic mass is 10.1. The first-order chi connectivity index (χ1) is 8.25. The molecule has 1 nitrogen and oxygen atoms in total. The van der Waals surface area contributed by atoms with E-state index in [2.05, 4.69) is 17.1 Å². The average Bonchev–Trinajstić information content (AvgIpc) is 2.33. The number of nitrogens with one attached hydrogen (secondary N) is 1. The lowest BCUT2D eigenvalue weighted by Gasteiger charge is -2.21. The summed E-state index contributed by atoms with van der Waals surface area (Å²) in [4.78, 5) is 0. The van der Waals surface area contributed by atoms with E-state index in [1.165, 1.54) is 30.6 Å². The second kappa shape index (κ2) is 6.41. The highest BCUT2D eigenvalue weighted by Crippen LogP contribution is 2.24. The molecule has 2 rings (SSSR count). The maximum Gasteiger partial charge on any atom is 0.123 e. The number of aryl methyl sites for hydroxylation is 1. The molecule has 0 spiro atoms. The highest BCUT2D eigenvalue weighted by Gasteiger charge is 2.13. The standard InChI is InChI=1S/C14H20FNS/c1-11-8-13(15)6-5-12(11)9-16-10-14-4-2-3-7-17-14/h5-6,8,14,16H,2-4,7,9-10H2,1H3. The van der Waals surface area contributed by atoms with Crippen LogP contribution in [-0.2, 0) is 6.54 Å². The van der Waals surface area contributed by atoms with Crippen molar-refractivity contribution in [3.05, 3.63) is 35.1 Å². The van der Waals surface area contributed by atoms with Crippen molar-refractivity contribution in [3.63, 3.8) is 0 Å². The molecule has 1 fully saturated rings. The molecule has 1 N–H and O–H groups in total. The van der Waals surface area contributed by atoms with Gasteiger partial charge in [0.2, 0.25) is 0 Å². The van der Waals surface area contributed by atoms with Gasteiger partial charge in [-0.3, -0.25) is 0 Å². The van der Waals surface area contributed by atoms with E-state index in [0.29, 0.717) is 0 Å². The van der Waals surface area contributed by atoms with Crippen molar-refractivity contribution in [3.8, 4) is 0 Å². The van der Waals surface area contributed by atoms with Crippen LogP contribution in [0.4, 0.5) is 4.39 Å². The highest BCUT2D eigenvalue weighted by molar-refractivity contribution is 7.99. The fraction of sp³-hybridized carbons (Fsp3) is 0.571. The largest absolute Gasteiger partial charge is 0.312 e. The van der Waals surface area contributed by atoms with Crippen molar-refractivity contribution in [1.82, 2.24) is 5.32 Å². The first kappa shape index (κ1) is 12.9. The van der Waals surface area contributed by atoms with E-state index >= 15 is 0 Å². The number of halogens is 1. The van der Waals surface area contributed by atoms with Crippen LogP contribution in [0, 0.1) is 12.7 Å². The van der Waals surface area contributed by atoms with E-state index in [-0.39, 0.29) is 5.82 Å². The molecule has 94 valence electrons. The summed E-state index contributed by atoms with van der Waals surface area (Å²) in [5.41, 5.74) is 2.24. The second-order valence-electron chi connectivity index (χ2n) is 4.69. The number of benzene rings is 1. The van der Waals surface area contributed by atoms with Crippen molar-refractivity contribution in [2.75, 3.05) is 12.3 Å². The van der Waals surface area contributed by atoms with Gasteiger partial charge in [-0.2, -0.15) is 11.8 Å². The Bertz CT molecular complexity index is 361. The molecular weight excluding hydrogens is 233 g/mol. The molecular formula is C14H20FNS. The molecule has 17 heavy (non-hydrogen) atoms. The molecule has 1 aliphatic heterocycles. The van der Waals surface area contributed by atoms with Gasteiger partial charge in [-0.1, -0.05) is 12.5 Å². The number of thioether (sulfide) groups is 1. The molecule has 0 aromatic heterocycles. The molecule has 1 atom stereocenters. The molecule has 1 aromatic carbocycles. The number of hydrogen-bond acceptors (Lipinski definition) is 2. The van der Waals surface area contributed by atoms with Gasteiger partial charge in [-0.15, -0.1) is 0 Å². The first-order valence-corrected chi connectivity index (χ1v) is 7.38. The van der Waals surface area contributed by atoms with Crippen LogP contribution in [0.25, 0.3) is 0 Å². The van der Waals surface area contributed by atoms with Crippen LogP contribution in [0.1, 0.15) is 30.4 Å². The molecule has 1 aromatic rings. The van der Waals surface area contributed by atoms with E-state index in [1.54, 1.807) is 12.1 Å². The van der Waals surface area contributed by atoms with E-state index in [0.717, 1.165) is 23.9 Å². The maximum atomic E-state index is 12.9. The fourth-order valence-electron chi connectivity index (χ4n) is 2.19. The zero-order chi connectivity index (χ0) is 12.1. The summed E-state index contributed by atoms with van der Waals surface area (Å²) in [6.07, 6.45) is 4.08. The summed E-state index contributed by atoms with van der Waals surface area (Å²) in [5, 5.41) is 4.26. The normalized spacial score (nSPS) is 20.5. The minimum Gasteiger partial charge on any atom is -0.312 e. The van der Waals surface area contributed by atoms with Crippen LogP contribution in [0.2, 0.25) is 0 Å². The lowest BCUT2D eigenvalue weighted by Crippen LogP contribution is -2.26. The average molecular weight is 253 g/mol. The van der Waals surface area contributed by atoms with Crippen LogP contribution < -0.4 is 5.32 Å². The van der Waals surface area contributed by atoms with Crippen LogP contribution in [0.15, 0.2) is 18.2 Å². The van der Waals surface area contributed by atoms with Gasteiger partial charge in [-0.05, 0) is 48.8 Å². The molecule has 3 heteroatoms. The Hall–Kier alpha value is -0.540. The summed E-state index contributed by atoms with van der Waals surface area (Å²) >= 11 is 2.08. The Balaban J connectivity index is 1.77. The van der Waals surface area contributed by atoms with Crippen LogP contribution in [-0.4, -0.2) is 17.5 Å². The Labute approximate surface area is 107 Å². The smallest absolute Gasteiger partial charge is 0.123 e. The van der Waals surface area contributed by atoms with Crippen LogP contribution in [0.5, 0.6) is 0 Å². The van der Waals surface area contributed by atoms with Gasteiger partial charge in [-0.25, -0.2) is 4.39 Å². The van der Waals surface area contributed by atoms with Crippen LogP contribution in [0.3, 0.4) is 0 Å². The SMILES string of the molecule is Cc1cc(F)ccc1CNCC1CCCCS1. The quantitative estimate of drug-likeness (QED) is 0.881. The topological polar surface area (TPSA) is 12.0 Å².